The first-order chi connectivity index (χ1) is 6.66. The van der Waals surface area contributed by atoms with E-state index in [0.29, 0.717) is 5.15 Å². The number of aryl methyl sites for hydroxylation is 2. The summed E-state index contributed by atoms with van der Waals surface area (Å²) in [7, 11) is 1.94. The van der Waals surface area contributed by atoms with Crippen LogP contribution in [0.15, 0.2) is 24.7 Å². The first-order valence-corrected chi connectivity index (χ1v) is 4.66. The largest absolute Gasteiger partial charge is 0.340 e. The second kappa shape index (κ2) is 3.42. The number of nitrogens with zero attached hydrogens (tertiary/aromatic N) is 3. The van der Waals surface area contributed by atoms with Gasteiger partial charge >= 0.3 is 0 Å². The molecule has 72 valence electrons. The Kier molecular flexibility index (Phi) is 2.25. The fraction of sp³-hybridized carbons (Fsp3) is 0.200. The zero-order valence-electron chi connectivity index (χ0n) is 8.03. The van der Waals surface area contributed by atoms with Crippen LogP contribution in [0.4, 0.5) is 0 Å². The van der Waals surface area contributed by atoms with Crippen LogP contribution in [0.3, 0.4) is 0 Å². The normalized spacial score (nSPS) is 10.5. The van der Waals surface area contributed by atoms with E-state index >= 15 is 0 Å². The van der Waals surface area contributed by atoms with Crippen LogP contribution in [0.1, 0.15) is 5.69 Å². The molecular weight excluding hydrogens is 198 g/mol. The van der Waals surface area contributed by atoms with E-state index in [9.17, 15) is 0 Å². The van der Waals surface area contributed by atoms with Crippen molar-refractivity contribution in [2.24, 2.45) is 7.05 Å². The van der Waals surface area contributed by atoms with Crippen molar-refractivity contribution in [3.8, 4) is 11.3 Å². The molecule has 2 aromatic rings. The van der Waals surface area contributed by atoms with Gasteiger partial charge in [0, 0.05) is 24.5 Å². The Bertz CT molecular complexity index is 462. The number of hydrogen-bond acceptors (Lipinski definition) is 2. The SMILES string of the molecule is Cc1nc(Cl)ccc1-c1cn(C)cn1. The molecular formula is C10H10ClN3. The summed E-state index contributed by atoms with van der Waals surface area (Å²) < 4.78 is 1.91. The highest BCUT2D eigenvalue weighted by Crippen LogP contribution is 2.21. The summed E-state index contributed by atoms with van der Waals surface area (Å²) in [5.41, 5.74) is 2.85. The summed E-state index contributed by atoms with van der Waals surface area (Å²) in [5.74, 6) is 0. The second-order valence-electron chi connectivity index (χ2n) is 3.19. The maximum Gasteiger partial charge on any atom is 0.129 e. The lowest BCUT2D eigenvalue weighted by molar-refractivity contribution is 0.913. The number of halogens is 1. The van der Waals surface area contributed by atoms with Crippen LogP contribution in [0.25, 0.3) is 11.3 Å². The van der Waals surface area contributed by atoms with Crippen LogP contribution in [-0.4, -0.2) is 14.5 Å². The van der Waals surface area contributed by atoms with Crippen molar-refractivity contribution in [1.82, 2.24) is 14.5 Å². The summed E-state index contributed by atoms with van der Waals surface area (Å²) in [6.45, 7) is 1.93. The summed E-state index contributed by atoms with van der Waals surface area (Å²) in [6.07, 6.45) is 3.72. The number of rotatable bonds is 1. The van der Waals surface area contributed by atoms with Crippen molar-refractivity contribution in [2.75, 3.05) is 0 Å². The second-order valence-corrected chi connectivity index (χ2v) is 3.58. The molecule has 14 heavy (non-hydrogen) atoms. The Labute approximate surface area is 87.4 Å². The van der Waals surface area contributed by atoms with Crippen molar-refractivity contribution >= 4 is 11.6 Å². The molecule has 2 heterocycles. The Hall–Kier alpha value is -1.35. The van der Waals surface area contributed by atoms with Gasteiger partial charge in [0.1, 0.15) is 5.15 Å². The Balaban J connectivity index is 2.52. The van der Waals surface area contributed by atoms with E-state index in [-0.39, 0.29) is 0 Å². The minimum absolute atomic E-state index is 0.516. The third-order valence-electron chi connectivity index (χ3n) is 2.03. The van der Waals surface area contributed by atoms with Gasteiger partial charge in [0.25, 0.3) is 0 Å². The zero-order chi connectivity index (χ0) is 10.1. The highest BCUT2D eigenvalue weighted by molar-refractivity contribution is 6.29. The average molecular weight is 208 g/mol. The molecule has 0 amide bonds. The molecule has 3 nitrogen and oxygen atoms in total. The minimum Gasteiger partial charge on any atom is -0.340 e. The van der Waals surface area contributed by atoms with Gasteiger partial charge in [-0.3, -0.25) is 0 Å². The molecule has 4 heteroatoms. The molecule has 0 N–H and O–H groups in total. The van der Waals surface area contributed by atoms with Crippen molar-refractivity contribution in [3.05, 3.63) is 35.5 Å². The molecule has 0 fully saturated rings. The van der Waals surface area contributed by atoms with E-state index in [1.807, 2.05) is 30.8 Å². The molecule has 2 aromatic heterocycles. The molecule has 0 bridgehead atoms. The zero-order valence-corrected chi connectivity index (χ0v) is 8.78. The monoisotopic (exact) mass is 207 g/mol. The number of imidazole rings is 1. The highest BCUT2D eigenvalue weighted by atomic mass is 35.5. The maximum absolute atomic E-state index is 5.77. The summed E-state index contributed by atoms with van der Waals surface area (Å²) >= 11 is 5.77. The first-order valence-electron chi connectivity index (χ1n) is 4.28. The van der Waals surface area contributed by atoms with Gasteiger partial charge in [-0.15, -0.1) is 0 Å². The molecule has 0 aliphatic carbocycles. The summed E-state index contributed by atoms with van der Waals surface area (Å²) in [6, 6.07) is 3.71. The third-order valence-corrected chi connectivity index (χ3v) is 2.24. The van der Waals surface area contributed by atoms with Gasteiger partial charge < -0.3 is 4.57 Å². The van der Waals surface area contributed by atoms with Crippen LogP contribution >= 0.6 is 11.6 Å². The summed E-state index contributed by atoms with van der Waals surface area (Å²) in [5, 5.41) is 0.516. The number of pyridine rings is 1. The lowest BCUT2D eigenvalue weighted by atomic mass is 10.1. The van der Waals surface area contributed by atoms with Crippen molar-refractivity contribution in [3.63, 3.8) is 0 Å². The average Bonchev–Trinajstić information content (AvgIpc) is 2.51. The van der Waals surface area contributed by atoms with Gasteiger partial charge in [-0.05, 0) is 19.1 Å². The van der Waals surface area contributed by atoms with Crippen molar-refractivity contribution < 1.29 is 0 Å². The molecule has 0 saturated heterocycles. The molecule has 0 unspecified atom stereocenters. The topological polar surface area (TPSA) is 30.7 Å². The van der Waals surface area contributed by atoms with E-state index in [4.69, 9.17) is 11.6 Å². The standard InChI is InChI=1S/C10H10ClN3/c1-7-8(3-4-10(11)13-7)9-5-14(2)6-12-9/h3-6H,1-2H3. The fourth-order valence-electron chi connectivity index (χ4n) is 1.35. The highest BCUT2D eigenvalue weighted by Gasteiger charge is 2.05. The third kappa shape index (κ3) is 1.63. The number of aromatic nitrogens is 3. The predicted octanol–water partition coefficient (Wildman–Crippen LogP) is 2.44. The van der Waals surface area contributed by atoms with Crippen LogP contribution in [0.5, 0.6) is 0 Å². The van der Waals surface area contributed by atoms with E-state index in [0.717, 1.165) is 17.0 Å². The van der Waals surface area contributed by atoms with Gasteiger partial charge in [-0.25, -0.2) is 9.97 Å². The van der Waals surface area contributed by atoms with Crippen LogP contribution in [0.2, 0.25) is 5.15 Å². The Morgan fingerprint density at radius 3 is 2.71 bits per heavy atom. The van der Waals surface area contributed by atoms with Crippen molar-refractivity contribution in [2.45, 2.75) is 6.92 Å². The molecule has 0 radical (unpaired) electrons. The van der Waals surface area contributed by atoms with E-state index in [1.165, 1.54) is 0 Å². The van der Waals surface area contributed by atoms with Gasteiger partial charge in [0.2, 0.25) is 0 Å². The Morgan fingerprint density at radius 1 is 1.36 bits per heavy atom. The number of hydrogen-bond donors (Lipinski definition) is 0. The lowest BCUT2D eigenvalue weighted by Gasteiger charge is -2.01. The molecule has 0 spiro atoms. The fourth-order valence-corrected chi connectivity index (χ4v) is 1.54. The van der Waals surface area contributed by atoms with Crippen LogP contribution in [-0.2, 0) is 7.05 Å². The maximum atomic E-state index is 5.77. The van der Waals surface area contributed by atoms with Crippen LogP contribution < -0.4 is 0 Å². The predicted molar refractivity (Wildman–Crippen MR) is 56.2 cm³/mol. The van der Waals surface area contributed by atoms with E-state index in [2.05, 4.69) is 9.97 Å². The molecule has 2 rings (SSSR count). The van der Waals surface area contributed by atoms with Gasteiger partial charge in [0.05, 0.1) is 12.0 Å². The lowest BCUT2D eigenvalue weighted by Crippen LogP contribution is -1.87. The van der Waals surface area contributed by atoms with Gasteiger partial charge in [-0.1, -0.05) is 11.6 Å². The molecule has 0 atom stereocenters. The smallest absolute Gasteiger partial charge is 0.129 e. The quantitative estimate of drug-likeness (QED) is 0.673. The van der Waals surface area contributed by atoms with E-state index < -0.39 is 0 Å². The van der Waals surface area contributed by atoms with Crippen LogP contribution in [0, 0.1) is 6.92 Å². The minimum atomic E-state index is 0.516. The molecule has 0 aliphatic heterocycles. The molecule has 0 aromatic carbocycles. The molecule has 0 aliphatic rings. The Morgan fingerprint density at radius 2 is 2.14 bits per heavy atom. The van der Waals surface area contributed by atoms with E-state index in [1.54, 1.807) is 12.4 Å². The molecule has 0 saturated carbocycles. The van der Waals surface area contributed by atoms with Crippen molar-refractivity contribution in [1.29, 1.82) is 0 Å². The summed E-state index contributed by atoms with van der Waals surface area (Å²) in [4.78, 5) is 8.43. The first kappa shape index (κ1) is 9.21. The van der Waals surface area contributed by atoms with Gasteiger partial charge in [-0.2, -0.15) is 0 Å². The van der Waals surface area contributed by atoms with Gasteiger partial charge in [0.15, 0.2) is 0 Å².